The fourth-order valence-electron chi connectivity index (χ4n) is 2.40. The van der Waals surface area contributed by atoms with Gasteiger partial charge in [0.2, 0.25) is 0 Å². The van der Waals surface area contributed by atoms with Gasteiger partial charge in [-0.1, -0.05) is 37.3 Å². The molecule has 5 heteroatoms. The summed E-state index contributed by atoms with van der Waals surface area (Å²) in [6.45, 7) is 1.72. The van der Waals surface area contributed by atoms with Gasteiger partial charge in [-0.15, -0.1) is 0 Å². The average molecular weight is 327 g/mol. The molecule has 0 aromatic heterocycles. The molecule has 2 aromatic carbocycles. The highest BCUT2D eigenvalue weighted by molar-refractivity contribution is 6.01. The van der Waals surface area contributed by atoms with Gasteiger partial charge in [0.15, 0.2) is 5.78 Å². The number of rotatable bonds is 7. The third kappa shape index (κ3) is 4.13. The molecule has 0 aliphatic carbocycles. The van der Waals surface area contributed by atoms with Crippen LogP contribution in [0.3, 0.4) is 0 Å². The minimum atomic E-state index is -0.781. The standard InChI is InChI=1S/C19H21NO4/c1-13(18(21)14-7-5-4-6-8-14)17(19(22)24-3)20-15-9-11-16(23-2)12-10-15/h4-13,17,20H,1-3H3. The van der Waals surface area contributed by atoms with Crippen LogP contribution in [-0.4, -0.2) is 32.0 Å². The Morgan fingerprint density at radius 3 is 2.12 bits per heavy atom. The molecule has 5 nitrogen and oxygen atoms in total. The Hall–Kier alpha value is -2.82. The number of hydrogen-bond donors (Lipinski definition) is 1. The molecule has 0 heterocycles. The van der Waals surface area contributed by atoms with Gasteiger partial charge in [0, 0.05) is 11.3 Å². The molecule has 0 radical (unpaired) electrons. The number of methoxy groups -OCH3 is 2. The summed E-state index contributed by atoms with van der Waals surface area (Å²) < 4.78 is 9.97. The summed E-state index contributed by atoms with van der Waals surface area (Å²) in [6.07, 6.45) is 0. The van der Waals surface area contributed by atoms with E-state index in [2.05, 4.69) is 5.32 Å². The van der Waals surface area contributed by atoms with E-state index in [9.17, 15) is 9.59 Å². The Labute approximate surface area is 141 Å². The van der Waals surface area contributed by atoms with Gasteiger partial charge < -0.3 is 14.8 Å². The molecule has 0 aliphatic heterocycles. The van der Waals surface area contributed by atoms with Crippen molar-refractivity contribution in [2.24, 2.45) is 5.92 Å². The number of benzene rings is 2. The molecule has 0 saturated carbocycles. The first kappa shape index (κ1) is 17.5. The zero-order chi connectivity index (χ0) is 17.5. The molecule has 2 atom stereocenters. The van der Waals surface area contributed by atoms with Gasteiger partial charge in [0.1, 0.15) is 11.8 Å². The molecule has 1 N–H and O–H groups in total. The zero-order valence-electron chi connectivity index (χ0n) is 14.0. The van der Waals surface area contributed by atoms with E-state index >= 15 is 0 Å². The third-order valence-corrected chi connectivity index (χ3v) is 3.84. The van der Waals surface area contributed by atoms with E-state index in [-0.39, 0.29) is 5.78 Å². The molecule has 2 unspecified atom stereocenters. The highest BCUT2D eigenvalue weighted by atomic mass is 16.5. The van der Waals surface area contributed by atoms with E-state index in [4.69, 9.17) is 9.47 Å². The Morgan fingerprint density at radius 1 is 0.958 bits per heavy atom. The summed E-state index contributed by atoms with van der Waals surface area (Å²) in [5.41, 5.74) is 1.27. The lowest BCUT2D eigenvalue weighted by Gasteiger charge is -2.23. The van der Waals surface area contributed by atoms with E-state index in [0.717, 1.165) is 0 Å². The predicted octanol–water partition coefficient (Wildman–Crippen LogP) is 3.17. The Bertz CT molecular complexity index is 682. The lowest BCUT2D eigenvalue weighted by Crippen LogP contribution is -2.40. The lowest BCUT2D eigenvalue weighted by atomic mass is 9.92. The minimum Gasteiger partial charge on any atom is -0.497 e. The van der Waals surface area contributed by atoms with Gasteiger partial charge in [-0.05, 0) is 24.3 Å². The van der Waals surface area contributed by atoms with Crippen LogP contribution in [0.2, 0.25) is 0 Å². The third-order valence-electron chi connectivity index (χ3n) is 3.84. The first-order valence-electron chi connectivity index (χ1n) is 7.64. The van der Waals surface area contributed by atoms with E-state index in [1.54, 1.807) is 62.6 Å². The fourth-order valence-corrected chi connectivity index (χ4v) is 2.40. The van der Waals surface area contributed by atoms with Crippen molar-refractivity contribution in [2.75, 3.05) is 19.5 Å². The average Bonchev–Trinajstić information content (AvgIpc) is 2.65. The molecule has 126 valence electrons. The molecule has 0 fully saturated rings. The molecule has 0 amide bonds. The van der Waals surface area contributed by atoms with E-state index < -0.39 is 17.9 Å². The second-order valence-corrected chi connectivity index (χ2v) is 5.39. The number of ketones is 1. The number of hydrogen-bond acceptors (Lipinski definition) is 5. The van der Waals surface area contributed by atoms with Crippen molar-refractivity contribution in [1.82, 2.24) is 0 Å². The molecule has 0 bridgehead atoms. The summed E-state index contributed by atoms with van der Waals surface area (Å²) in [6, 6.07) is 15.3. The highest BCUT2D eigenvalue weighted by Crippen LogP contribution is 2.20. The second-order valence-electron chi connectivity index (χ2n) is 5.39. The second kappa shape index (κ2) is 8.15. The molecular weight excluding hydrogens is 306 g/mol. The number of nitrogens with one attached hydrogen (secondary N) is 1. The number of anilines is 1. The fraction of sp³-hybridized carbons (Fsp3) is 0.263. The van der Waals surface area contributed by atoms with Gasteiger partial charge in [0.05, 0.1) is 20.1 Å². The largest absolute Gasteiger partial charge is 0.497 e. The van der Waals surface area contributed by atoms with Gasteiger partial charge in [-0.3, -0.25) is 4.79 Å². The normalized spacial score (nSPS) is 12.8. The Kier molecular flexibility index (Phi) is 5.95. The summed E-state index contributed by atoms with van der Waals surface area (Å²) >= 11 is 0. The van der Waals surface area contributed by atoms with Gasteiger partial charge in [0.25, 0.3) is 0 Å². The van der Waals surface area contributed by atoms with Crippen LogP contribution < -0.4 is 10.1 Å². The number of Topliss-reactive ketones (excluding diaryl/α,β-unsaturated/α-hetero) is 1. The zero-order valence-corrected chi connectivity index (χ0v) is 14.0. The number of esters is 1. The summed E-state index contributed by atoms with van der Waals surface area (Å²) in [7, 11) is 2.89. The molecule has 0 spiro atoms. The summed E-state index contributed by atoms with van der Waals surface area (Å²) in [4.78, 5) is 24.8. The summed E-state index contributed by atoms with van der Waals surface area (Å²) in [5.74, 6) is -0.472. The van der Waals surface area contributed by atoms with Gasteiger partial charge >= 0.3 is 5.97 Å². The minimum absolute atomic E-state index is 0.119. The van der Waals surface area contributed by atoms with Crippen LogP contribution in [-0.2, 0) is 9.53 Å². The molecular formula is C19H21NO4. The predicted molar refractivity (Wildman–Crippen MR) is 92.4 cm³/mol. The van der Waals surface area contributed by atoms with Crippen molar-refractivity contribution in [1.29, 1.82) is 0 Å². The topological polar surface area (TPSA) is 64.6 Å². The number of carbonyl (C=O) groups is 2. The maximum atomic E-state index is 12.6. The molecule has 2 rings (SSSR count). The van der Waals surface area contributed by atoms with Crippen molar-refractivity contribution >= 4 is 17.4 Å². The monoisotopic (exact) mass is 327 g/mol. The van der Waals surface area contributed by atoms with Crippen LogP contribution in [0.15, 0.2) is 54.6 Å². The number of carbonyl (C=O) groups excluding carboxylic acids is 2. The van der Waals surface area contributed by atoms with Crippen LogP contribution in [0.5, 0.6) is 5.75 Å². The van der Waals surface area contributed by atoms with Crippen molar-refractivity contribution < 1.29 is 19.1 Å². The van der Waals surface area contributed by atoms with Gasteiger partial charge in [-0.25, -0.2) is 4.79 Å². The van der Waals surface area contributed by atoms with E-state index in [0.29, 0.717) is 17.0 Å². The Morgan fingerprint density at radius 2 is 1.58 bits per heavy atom. The van der Waals surface area contributed by atoms with Crippen molar-refractivity contribution in [3.8, 4) is 5.75 Å². The quantitative estimate of drug-likeness (QED) is 0.625. The SMILES string of the molecule is COC(=O)C(Nc1ccc(OC)cc1)C(C)C(=O)c1ccccc1. The van der Waals surface area contributed by atoms with Crippen molar-refractivity contribution in [3.05, 3.63) is 60.2 Å². The highest BCUT2D eigenvalue weighted by Gasteiger charge is 2.31. The van der Waals surface area contributed by atoms with E-state index in [1.165, 1.54) is 7.11 Å². The molecule has 24 heavy (non-hydrogen) atoms. The van der Waals surface area contributed by atoms with Crippen LogP contribution in [0.1, 0.15) is 17.3 Å². The summed E-state index contributed by atoms with van der Waals surface area (Å²) in [5, 5.41) is 3.08. The van der Waals surface area contributed by atoms with Crippen LogP contribution in [0.25, 0.3) is 0 Å². The molecule has 0 aliphatic rings. The number of ether oxygens (including phenoxy) is 2. The van der Waals surface area contributed by atoms with E-state index in [1.807, 2.05) is 6.07 Å². The smallest absolute Gasteiger partial charge is 0.329 e. The van der Waals surface area contributed by atoms with Crippen molar-refractivity contribution in [2.45, 2.75) is 13.0 Å². The van der Waals surface area contributed by atoms with Crippen LogP contribution in [0.4, 0.5) is 5.69 Å². The van der Waals surface area contributed by atoms with Crippen molar-refractivity contribution in [3.63, 3.8) is 0 Å². The molecule has 2 aromatic rings. The van der Waals surface area contributed by atoms with Crippen LogP contribution in [0, 0.1) is 5.92 Å². The first-order chi connectivity index (χ1) is 11.6. The maximum absolute atomic E-state index is 12.6. The molecule has 0 saturated heterocycles. The first-order valence-corrected chi connectivity index (χ1v) is 7.64. The van der Waals surface area contributed by atoms with Gasteiger partial charge in [-0.2, -0.15) is 0 Å². The maximum Gasteiger partial charge on any atom is 0.329 e. The van der Waals surface area contributed by atoms with Crippen LogP contribution >= 0.6 is 0 Å². The Balaban J connectivity index is 2.20. The lowest BCUT2D eigenvalue weighted by molar-refractivity contribution is -0.142.